The highest BCUT2D eigenvalue weighted by molar-refractivity contribution is 5.90. The number of nitrogens with zero attached hydrogens (tertiary/aromatic N) is 1. The van der Waals surface area contributed by atoms with Gasteiger partial charge in [0.25, 0.3) is 0 Å². The molecular formula is C21H21NO3. The highest BCUT2D eigenvalue weighted by Crippen LogP contribution is 2.31. The molecule has 0 aliphatic heterocycles. The highest BCUT2D eigenvalue weighted by atomic mass is 16.5. The Hall–Kier alpha value is -2.88. The lowest BCUT2D eigenvalue weighted by Crippen LogP contribution is -2.00. The molecule has 25 heavy (non-hydrogen) atoms. The molecule has 0 spiro atoms. The zero-order chi connectivity index (χ0) is 17.6. The van der Waals surface area contributed by atoms with Crippen LogP contribution in [0, 0.1) is 0 Å². The van der Waals surface area contributed by atoms with Crippen molar-refractivity contribution < 1.29 is 14.1 Å². The van der Waals surface area contributed by atoms with Gasteiger partial charge < -0.3 is 9.26 Å². The van der Waals surface area contributed by atoms with Crippen LogP contribution in [0.25, 0.3) is 22.4 Å². The average Bonchev–Trinajstić information content (AvgIpc) is 3.16. The van der Waals surface area contributed by atoms with Gasteiger partial charge in [-0.1, -0.05) is 54.9 Å². The predicted molar refractivity (Wildman–Crippen MR) is 97.3 cm³/mol. The first-order chi connectivity index (χ1) is 12.2. The molecule has 0 fully saturated rings. The summed E-state index contributed by atoms with van der Waals surface area (Å²) in [6.45, 7) is 2.20. The van der Waals surface area contributed by atoms with E-state index < -0.39 is 0 Å². The minimum absolute atomic E-state index is 0.352. The third kappa shape index (κ3) is 3.79. The number of aromatic nitrogens is 1. The van der Waals surface area contributed by atoms with E-state index in [-0.39, 0.29) is 5.97 Å². The summed E-state index contributed by atoms with van der Waals surface area (Å²) in [6.07, 6.45) is 5.15. The molecule has 0 N–H and O–H groups in total. The van der Waals surface area contributed by atoms with E-state index in [4.69, 9.17) is 9.26 Å². The Morgan fingerprint density at radius 2 is 1.72 bits per heavy atom. The maximum atomic E-state index is 11.6. The number of aryl methyl sites for hydroxylation is 1. The molecule has 0 atom stereocenters. The molecule has 0 radical (unpaired) electrons. The summed E-state index contributed by atoms with van der Waals surface area (Å²) in [7, 11) is 1.37. The summed E-state index contributed by atoms with van der Waals surface area (Å²) in [5, 5.41) is 4.14. The second-order valence-electron chi connectivity index (χ2n) is 5.95. The minimum atomic E-state index is -0.352. The molecule has 0 aliphatic carbocycles. The number of benzene rings is 2. The normalized spacial score (nSPS) is 10.6. The van der Waals surface area contributed by atoms with Gasteiger partial charge in [-0.3, -0.25) is 0 Å². The second-order valence-corrected chi connectivity index (χ2v) is 5.95. The van der Waals surface area contributed by atoms with Gasteiger partial charge in [-0.2, -0.15) is 0 Å². The third-order valence-corrected chi connectivity index (χ3v) is 4.23. The van der Waals surface area contributed by atoms with Crippen molar-refractivity contribution in [2.24, 2.45) is 0 Å². The standard InChI is InChI=1S/C21H21NO3/c1-3-4-5-15-6-8-16(9-7-15)19-14-25-22-20(19)17-10-12-18(13-11-17)21(23)24-2/h6-14H,3-5H2,1-2H3. The van der Waals surface area contributed by atoms with Crippen LogP contribution in [0.1, 0.15) is 35.7 Å². The van der Waals surface area contributed by atoms with Gasteiger partial charge >= 0.3 is 5.97 Å². The maximum Gasteiger partial charge on any atom is 0.337 e. The van der Waals surface area contributed by atoms with Crippen molar-refractivity contribution in [3.63, 3.8) is 0 Å². The van der Waals surface area contributed by atoms with E-state index in [9.17, 15) is 4.79 Å². The summed E-state index contributed by atoms with van der Waals surface area (Å²) in [5.74, 6) is -0.352. The monoisotopic (exact) mass is 335 g/mol. The fourth-order valence-corrected chi connectivity index (χ4v) is 2.76. The SMILES string of the molecule is CCCCc1ccc(-c2conc2-c2ccc(C(=O)OC)cc2)cc1. The Kier molecular flexibility index (Phi) is 5.29. The van der Waals surface area contributed by atoms with Gasteiger partial charge in [-0.05, 0) is 36.1 Å². The molecule has 1 heterocycles. The minimum Gasteiger partial charge on any atom is -0.465 e. The summed E-state index contributed by atoms with van der Waals surface area (Å²) in [4.78, 5) is 11.6. The Balaban J connectivity index is 1.86. The lowest BCUT2D eigenvalue weighted by Gasteiger charge is -2.05. The molecule has 3 rings (SSSR count). The van der Waals surface area contributed by atoms with Crippen LogP contribution in [0.5, 0.6) is 0 Å². The molecule has 0 saturated heterocycles. The van der Waals surface area contributed by atoms with Gasteiger partial charge in [-0.15, -0.1) is 0 Å². The molecule has 0 unspecified atom stereocenters. The molecule has 128 valence electrons. The Morgan fingerprint density at radius 1 is 1.04 bits per heavy atom. The number of hydrogen-bond acceptors (Lipinski definition) is 4. The van der Waals surface area contributed by atoms with Crippen molar-refractivity contribution in [1.29, 1.82) is 0 Å². The van der Waals surface area contributed by atoms with Gasteiger partial charge in [0.05, 0.1) is 12.7 Å². The first-order valence-corrected chi connectivity index (χ1v) is 8.45. The number of esters is 1. The molecule has 4 heteroatoms. The fourth-order valence-electron chi connectivity index (χ4n) is 2.76. The second kappa shape index (κ2) is 7.79. The number of unbranched alkanes of at least 4 members (excludes halogenated alkanes) is 1. The molecule has 1 aromatic heterocycles. The number of carbonyl (C=O) groups excluding carboxylic acids is 1. The smallest absolute Gasteiger partial charge is 0.337 e. The number of rotatable bonds is 6. The van der Waals surface area contributed by atoms with Crippen LogP contribution in [0.15, 0.2) is 59.3 Å². The van der Waals surface area contributed by atoms with Crippen LogP contribution in [0.2, 0.25) is 0 Å². The van der Waals surface area contributed by atoms with Gasteiger partial charge in [0.15, 0.2) is 0 Å². The van der Waals surface area contributed by atoms with Crippen molar-refractivity contribution >= 4 is 5.97 Å². The number of hydrogen-bond donors (Lipinski definition) is 0. The van der Waals surface area contributed by atoms with Crippen molar-refractivity contribution in [3.8, 4) is 22.4 Å². The van der Waals surface area contributed by atoms with E-state index in [2.05, 4.69) is 36.3 Å². The fraction of sp³-hybridized carbons (Fsp3) is 0.238. The molecule has 0 bridgehead atoms. The molecule has 0 aliphatic rings. The topological polar surface area (TPSA) is 52.3 Å². The summed E-state index contributed by atoms with van der Waals surface area (Å²) in [5.41, 5.74) is 5.51. The molecule has 0 amide bonds. The van der Waals surface area contributed by atoms with Gasteiger partial charge in [0.2, 0.25) is 0 Å². The number of carbonyl (C=O) groups is 1. The molecule has 2 aromatic carbocycles. The first kappa shape index (κ1) is 17.0. The Bertz CT molecular complexity index is 832. The molecular weight excluding hydrogens is 314 g/mol. The Labute approximate surface area is 147 Å². The Morgan fingerprint density at radius 3 is 2.36 bits per heavy atom. The molecule has 4 nitrogen and oxygen atoms in total. The summed E-state index contributed by atoms with van der Waals surface area (Å²) in [6, 6.07) is 15.7. The van der Waals surface area contributed by atoms with Crippen molar-refractivity contribution in [3.05, 3.63) is 65.9 Å². The quantitative estimate of drug-likeness (QED) is 0.585. The van der Waals surface area contributed by atoms with E-state index in [1.54, 1.807) is 18.4 Å². The summed E-state index contributed by atoms with van der Waals surface area (Å²) >= 11 is 0. The molecule has 3 aromatic rings. The lowest BCUT2D eigenvalue weighted by atomic mass is 9.99. The van der Waals surface area contributed by atoms with Crippen LogP contribution >= 0.6 is 0 Å². The van der Waals surface area contributed by atoms with E-state index >= 15 is 0 Å². The highest BCUT2D eigenvalue weighted by Gasteiger charge is 2.13. The van der Waals surface area contributed by atoms with E-state index in [0.717, 1.165) is 28.8 Å². The van der Waals surface area contributed by atoms with Crippen LogP contribution < -0.4 is 0 Å². The predicted octanol–water partition coefficient (Wildman–Crippen LogP) is 5.14. The van der Waals surface area contributed by atoms with Crippen LogP contribution in [-0.2, 0) is 11.2 Å². The van der Waals surface area contributed by atoms with Gasteiger partial charge in [0.1, 0.15) is 12.0 Å². The first-order valence-electron chi connectivity index (χ1n) is 8.45. The van der Waals surface area contributed by atoms with Gasteiger partial charge in [-0.25, -0.2) is 4.79 Å². The average molecular weight is 335 g/mol. The van der Waals surface area contributed by atoms with Crippen molar-refractivity contribution in [2.45, 2.75) is 26.2 Å². The van der Waals surface area contributed by atoms with E-state index in [1.165, 1.54) is 25.5 Å². The number of methoxy groups -OCH3 is 1. The zero-order valence-electron chi connectivity index (χ0n) is 14.5. The van der Waals surface area contributed by atoms with Crippen LogP contribution in [0.3, 0.4) is 0 Å². The van der Waals surface area contributed by atoms with E-state index in [1.807, 2.05) is 12.1 Å². The number of ether oxygens (including phenoxy) is 1. The largest absolute Gasteiger partial charge is 0.465 e. The van der Waals surface area contributed by atoms with E-state index in [0.29, 0.717) is 5.56 Å². The van der Waals surface area contributed by atoms with Crippen molar-refractivity contribution in [2.75, 3.05) is 7.11 Å². The molecule has 0 saturated carbocycles. The van der Waals surface area contributed by atoms with Crippen molar-refractivity contribution in [1.82, 2.24) is 5.16 Å². The zero-order valence-corrected chi connectivity index (χ0v) is 14.5. The van der Waals surface area contributed by atoms with Crippen LogP contribution in [-0.4, -0.2) is 18.2 Å². The third-order valence-electron chi connectivity index (χ3n) is 4.23. The van der Waals surface area contributed by atoms with Gasteiger partial charge in [0, 0.05) is 11.1 Å². The lowest BCUT2D eigenvalue weighted by molar-refractivity contribution is 0.0601. The summed E-state index contributed by atoms with van der Waals surface area (Å²) < 4.78 is 9.93. The maximum absolute atomic E-state index is 11.6. The van der Waals surface area contributed by atoms with Crippen LogP contribution in [0.4, 0.5) is 0 Å².